The van der Waals surface area contributed by atoms with E-state index >= 15 is 0 Å². The number of hydrogen-bond acceptors (Lipinski definition) is 4. The normalized spacial score (nSPS) is 17.6. The zero-order valence-electron chi connectivity index (χ0n) is 24.8. The Balaban J connectivity index is 1.36. The van der Waals surface area contributed by atoms with Crippen molar-refractivity contribution in [1.29, 1.82) is 0 Å². The molecule has 0 unspecified atom stereocenters. The highest BCUT2D eigenvalue weighted by Crippen LogP contribution is 2.73. The molecule has 0 heterocycles. The Morgan fingerprint density at radius 3 is 0.911 bits per heavy atom. The molecule has 4 aliphatic carbocycles. The smallest absolute Gasteiger partial charge is 0.0551 e. The predicted molar refractivity (Wildman–Crippen MR) is 184 cm³/mol. The van der Waals surface area contributed by atoms with Crippen LogP contribution in [-0.2, 0) is 16.2 Å². The van der Waals surface area contributed by atoms with Gasteiger partial charge < -0.3 is 22.9 Å². The number of anilines is 4. The minimum absolute atomic E-state index is 0.402. The van der Waals surface area contributed by atoms with Crippen molar-refractivity contribution in [2.45, 2.75) is 29.1 Å². The van der Waals surface area contributed by atoms with E-state index in [4.69, 9.17) is 22.9 Å². The summed E-state index contributed by atoms with van der Waals surface area (Å²) in [6, 6.07) is 44.3. The van der Waals surface area contributed by atoms with E-state index in [1.807, 2.05) is 0 Å². The Labute approximate surface area is 262 Å². The number of hydrogen-bond donors (Lipinski definition) is 4. The molecule has 8 N–H and O–H groups in total. The van der Waals surface area contributed by atoms with Crippen molar-refractivity contribution < 1.29 is 0 Å². The highest BCUT2D eigenvalue weighted by atomic mass is 14.7. The molecular weight excluding hydrogens is 548 g/mol. The summed E-state index contributed by atoms with van der Waals surface area (Å²) in [6.07, 6.45) is 1.68. The molecule has 0 radical (unpaired) electrons. The lowest BCUT2D eigenvalue weighted by Gasteiger charge is -2.35. The topological polar surface area (TPSA) is 104 Å². The minimum atomic E-state index is -0.413. The van der Waals surface area contributed by atoms with E-state index in [-0.39, 0.29) is 0 Å². The van der Waals surface area contributed by atoms with Crippen LogP contribution >= 0.6 is 0 Å². The average molecular weight is 581 g/mol. The lowest BCUT2D eigenvalue weighted by Crippen LogP contribution is -2.32. The van der Waals surface area contributed by atoms with E-state index in [0.29, 0.717) is 22.7 Å². The summed E-state index contributed by atoms with van der Waals surface area (Å²) in [5, 5.41) is 0. The van der Waals surface area contributed by atoms with E-state index < -0.39 is 16.2 Å². The molecule has 0 atom stereocenters. The van der Waals surface area contributed by atoms with E-state index in [9.17, 15) is 0 Å². The Morgan fingerprint density at radius 1 is 0.333 bits per heavy atom. The van der Waals surface area contributed by atoms with Gasteiger partial charge in [-0.2, -0.15) is 0 Å². The van der Waals surface area contributed by atoms with Crippen molar-refractivity contribution >= 4 is 22.7 Å². The van der Waals surface area contributed by atoms with Crippen LogP contribution in [0.1, 0.15) is 57.3 Å². The van der Waals surface area contributed by atoms with Gasteiger partial charge in [0.15, 0.2) is 0 Å². The molecule has 4 nitrogen and oxygen atoms in total. The zero-order valence-corrected chi connectivity index (χ0v) is 24.8. The highest BCUT2D eigenvalue weighted by molar-refractivity contribution is 5.90. The highest BCUT2D eigenvalue weighted by Gasteiger charge is 2.65. The van der Waals surface area contributed by atoms with Gasteiger partial charge in [-0.3, -0.25) is 0 Å². The number of nitrogen functional groups attached to an aromatic ring is 4. The molecule has 0 bridgehead atoms. The van der Waals surface area contributed by atoms with Gasteiger partial charge in [0.1, 0.15) is 0 Å². The zero-order chi connectivity index (χ0) is 30.3. The van der Waals surface area contributed by atoms with Crippen LogP contribution in [-0.4, -0.2) is 0 Å². The van der Waals surface area contributed by atoms with E-state index in [2.05, 4.69) is 121 Å². The van der Waals surface area contributed by atoms with Crippen LogP contribution in [0.15, 0.2) is 121 Å². The van der Waals surface area contributed by atoms with Crippen molar-refractivity contribution in [1.82, 2.24) is 0 Å². The number of benzene rings is 6. The van der Waals surface area contributed by atoms with Crippen LogP contribution in [0, 0.1) is 0 Å². The summed E-state index contributed by atoms with van der Waals surface area (Å²) in [7, 11) is 0. The summed E-state index contributed by atoms with van der Waals surface area (Å²) >= 11 is 0. The minimum Gasteiger partial charge on any atom is -0.397 e. The van der Waals surface area contributed by atoms with Crippen LogP contribution in [0.4, 0.5) is 22.7 Å². The lowest BCUT2D eigenvalue weighted by molar-refractivity contribution is 0.402. The molecule has 4 aliphatic rings. The fourth-order valence-electron chi connectivity index (χ4n) is 10.1. The standard InChI is InChI=1S/C41H32N4/c42-35-17-31-33(19-37(35)44)40(27-13-5-1-9-23(27)24-10-2-6-14-28(24)40)21-39(31)22-41(34-20-38(45)36(43)18-32(34)39)29-15-7-3-11-25(29)26-12-4-8-16-30(26)41/h1-20H,21-22,42-45H2. The fraction of sp³-hybridized carbons (Fsp3) is 0.122. The summed E-state index contributed by atoms with van der Waals surface area (Å²) < 4.78 is 0. The van der Waals surface area contributed by atoms with Crippen molar-refractivity contribution in [3.63, 3.8) is 0 Å². The molecule has 4 heteroatoms. The summed E-state index contributed by atoms with van der Waals surface area (Å²) in [5.41, 5.74) is 43.5. The quantitative estimate of drug-likeness (QED) is 0.138. The van der Waals surface area contributed by atoms with Crippen LogP contribution in [0.5, 0.6) is 0 Å². The second-order valence-corrected chi connectivity index (χ2v) is 13.5. The Bertz CT molecular complexity index is 2040. The largest absolute Gasteiger partial charge is 0.397 e. The van der Waals surface area contributed by atoms with Crippen molar-refractivity contribution in [2.24, 2.45) is 0 Å². The molecule has 6 aromatic carbocycles. The second kappa shape index (κ2) is 7.96. The average Bonchev–Trinajstić information content (AvgIpc) is 3.71. The van der Waals surface area contributed by atoms with Crippen molar-refractivity contribution in [3.8, 4) is 22.3 Å². The Hall–Kier alpha value is -5.48. The Morgan fingerprint density at radius 2 is 0.600 bits per heavy atom. The van der Waals surface area contributed by atoms with Gasteiger partial charge in [-0.1, -0.05) is 97.1 Å². The van der Waals surface area contributed by atoms with Crippen LogP contribution in [0.25, 0.3) is 22.3 Å². The molecule has 0 saturated heterocycles. The molecule has 3 spiro atoms. The fourth-order valence-corrected chi connectivity index (χ4v) is 10.1. The number of nitrogens with two attached hydrogens (primary N) is 4. The first-order chi connectivity index (χ1) is 21.9. The van der Waals surface area contributed by atoms with E-state index in [1.165, 1.54) is 66.8 Å². The lowest BCUT2D eigenvalue weighted by atomic mass is 9.66. The third-order valence-electron chi connectivity index (χ3n) is 11.7. The number of fused-ring (bicyclic) bond motifs is 16. The summed E-state index contributed by atoms with van der Waals surface area (Å²) in [4.78, 5) is 0. The monoisotopic (exact) mass is 580 g/mol. The predicted octanol–water partition coefficient (Wildman–Crippen LogP) is 7.74. The van der Waals surface area contributed by atoms with Crippen LogP contribution in [0.2, 0.25) is 0 Å². The molecule has 0 aromatic heterocycles. The van der Waals surface area contributed by atoms with Gasteiger partial charge in [0.2, 0.25) is 0 Å². The third kappa shape index (κ3) is 2.68. The molecule has 10 rings (SSSR count). The van der Waals surface area contributed by atoms with Gasteiger partial charge in [0.25, 0.3) is 0 Å². The Kier molecular flexibility index (Phi) is 4.41. The van der Waals surface area contributed by atoms with Gasteiger partial charge in [-0.15, -0.1) is 0 Å². The van der Waals surface area contributed by atoms with E-state index in [0.717, 1.165) is 12.8 Å². The van der Waals surface area contributed by atoms with Crippen LogP contribution in [0.3, 0.4) is 0 Å². The summed E-state index contributed by atoms with van der Waals surface area (Å²) in [6.45, 7) is 0. The summed E-state index contributed by atoms with van der Waals surface area (Å²) in [5.74, 6) is 0. The number of rotatable bonds is 0. The van der Waals surface area contributed by atoms with Crippen LogP contribution < -0.4 is 22.9 Å². The molecule has 6 aromatic rings. The molecule has 0 saturated carbocycles. The molecule has 45 heavy (non-hydrogen) atoms. The van der Waals surface area contributed by atoms with Gasteiger partial charge in [-0.25, -0.2) is 0 Å². The van der Waals surface area contributed by atoms with Crippen molar-refractivity contribution in [2.75, 3.05) is 22.9 Å². The molecule has 0 amide bonds. The first kappa shape index (κ1) is 24.9. The maximum Gasteiger partial charge on any atom is 0.0551 e. The first-order valence-corrected chi connectivity index (χ1v) is 15.7. The van der Waals surface area contributed by atoms with Gasteiger partial charge >= 0.3 is 0 Å². The maximum atomic E-state index is 6.72. The second-order valence-electron chi connectivity index (χ2n) is 13.5. The van der Waals surface area contributed by atoms with Gasteiger partial charge in [0.05, 0.1) is 22.7 Å². The molecule has 0 aliphatic heterocycles. The first-order valence-electron chi connectivity index (χ1n) is 15.7. The maximum absolute atomic E-state index is 6.72. The SMILES string of the molecule is Nc1cc2c(cc1N)C1(CC23CC2(c4ccccc4-c4ccccc42)c2cc(N)c(N)cc23)c2ccccc2-c2ccccc21. The van der Waals surface area contributed by atoms with Gasteiger partial charge in [0, 0.05) is 16.2 Å². The van der Waals surface area contributed by atoms with Crippen molar-refractivity contribution in [3.05, 3.63) is 166 Å². The molecular formula is C41H32N4. The molecule has 216 valence electrons. The molecule has 0 fully saturated rings. The van der Waals surface area contributed by atoms with E-state index in [1.54, 1.807) is 0 Å². The van der Waals surface area contributed by atoms with Gasteiger partial charge in [-0.05, 0) is 104 Å². The third-order valence-corrected chi connectivity index (χ3v) is 11.7.